The second-order valence-corrected chi connectivity index (χ2v) is 9.27. The van der Waals surface area contributed by atoms with Gasteiger partial charge in [-0.05, 0) is 60.9 Å². The quantitative estimate of drug-likeness (QED) is 0.751. The minimum Gasteiger partial charge on any atom is -0.342 e. The molecule has 6 nitrogen and oxygen atoms in total. The number of benzene rings is 1. The number of fused-ring (bicyclic) bond motifs is 4. The molecule has 0 spiro atoms. The molecule has 1 aromatic carbocycles. The van der Waals surface area contributed by atoms with Crippen LogP contribution in [-0.4, -0.2) is 52.4 Å². The van der Waals surface area contributed by atoms with Crippen LogP contribution in [0.3, 0.4) is 0 Å². The van der Waals surface area contributed by atoms with Crippen LogP contribution in [0, 0.1) is 5.92 Å². The summed E-state index contributed by atoms with van der Waals surface area (Å²) in [7, 11) is 0. The van der Waals surface area contributed by atoms with Crippen molar-refractivity contribution in [1.29, 1.82) is 0 Å². The van der Waals surface area contributed by atoms with Gasteiger partial charge in [0, 0.05) is 62.9 Å². The zero-order valence-corrected chi connectivity index (χ0v) is 18.0. The van der Waals surface area contributed by atoms with Crippen LogP contribution in [0.2, 0.25) is 0 Å². The Labute approximate surface area is 182 Å². The first kappa shape index (κ1) is 20.0. The van der Waals surface area contributed by atoms with Gasteiger partial charge in [-0.3, -0.25) is 14.4 Å². The maximum absolute atomic E-state index is 13.0. The lowest BCUT2D eigenvalue weighted by Crippen LogP contribution is -2.48. The molecule has 0 aliphatic carbocycles. The van der Waals surface area contributed by atoms with Gasteiger partial charge in [0.2, 0.25) is 5.91 Å². The molecule has 2 amide bonds. The van der Waals surface area contributed by atoms with Gasteiger partial charge in [-0.1, -0.05) is 12.1 Å². The molecule has 4 heterocycles. The van der Waals surface area contributed by atoms with Gasteiger partial charge in [-0.15, -0.1) is 0 Å². The van der Waals surface area contributed by atoms with Gasteiger partial charge >= 0.3 is 0 Å². The lowest BCUT2D eigenvalue weighted by atomic mass is 9.82. The molecule has 0 unspecified atom stereocenters. The van der Waals surface area contributed by atoms with Gasteiger partial charge in [0.1, 0.15) is 0 Å². The van der Waals surface area contributed by atoms with Crippen molar-refractivity contribution in [1.82, 2.24) is 14.4 Å². The molecule has 31 heavy (non-hydrogen) atoms. The normalized spacial score (nSPS) is 22.7. The molecular formula is C25H29N3O3. The molecule has 6 heteroatoms. The summed E-state index contributed by atoms with van der Waals surface area (Å²) in [5.74, 6) is 0.695. The third-order valence-corrected chi connectivity index (χ3v) is 7.09. The second-order valence-electron chi connectivity index (χ2n) is 9.27. The van der Waals surface area contributed by atoms with Crippen LogP contribution in [0.5, 0.6) is 0 Å². The van der Waals surface area contributed by atoms with Crippen molar-refractivity contribution in [2.75, 3.05) is 26.2 Å². The Morgan fingerprint density at radius 2 is 1.71 bits per heavy atom. The second kappa shape index (κ2) is 7.98. The Bertz CT molecular complexity index is 1080. The molecule has 2 bridgehead atoms. The van der Waals surface area contributed by atoms with Crippen LogP contribution in [0.4, 0.5) is 0 Å². The standard InChI is InChI=1S/C25H29N3O3/c1-17(29)27-14-18-10-22(16-27)23-12-21(13-24(30)28(23)15-18)19-6-5-7-20(11-19)25(31)26-8-3-2-4-9-26/h5-7,11-13,18,22H,2-4,8-10,14-16H2,1H3/t18-,22+/m0/s1. The first-order valence-corrected chi connectivity index (χ1v) is 11.4. The summed E-state index contributed by atoms with van der Waals surface area (Å²) in [6, 6.07) is 11.4. The van der Waals surface area contributed by atoms with Crippen molar-refractivity contribution < 1.29 is 9.59 Å². The Kier molecular flexibility index (Phi) is 5.16. The van der Waals surface area contributed by atoms with Crippen LogP contribution in [0.25, 0.3) is 11.1 Å². The van der Waals surface area contributed by atoms with E-state index in [0.717, 1.165) is 55.7 Å². The van der Waals surface area contributed by atoms with E-state index in [4.69, 9.17) is 0 Å². The van der Waals surface area contributed by atoms with E-state index in [2.05, 4.69) is 6.07 Å². The lowest BCUT2D eigenvalue weighted by molar-refractivity contribution is -0.131. The Hall–Kier alpha value is -2.89. The van der Waals surface area contributed by atoms with Crippen LogP contribution < -0.4 is 5.56 Å². The van der Waals surface area contributed by atoms with Gasteiger partial charge in [0.05, 0.1) is 0 Å². The fourth-order valence-electron chi connectivity index (χ4n) is 5.49. The number of nitrogens with zero attached hydrogens (tertiary/aromatic N) is 3. The van der Waals surface area contributed by atoms with E-state index in [1.807, 2.05) is 38.6 Å². The average Bonchev–Trinajstić information content (AvgIpc) is 2.79. The molecule has 0 saturated carbocycles. The van der Waals surface area contributed by atoms with E-state index in [1.165, 1.54) is 6.42 Å². The average molecular weight is 420 g/mol. The van der Waals surface area contributed by atoms with Crippen molar-refractivity contribution >= 4 is 11.8 Å². The molecule has 2 aromatic rings. The molecule has 5 rings (SSSR count). The number of amides is 2. The van der Waals surface area contributed by atoms with Crippen molar-refractivity contribution in [3.8, 4) is 11.1 Å². The van der Waals surface area contributed by atoms with Crippen molar-refractivity contribution in [2.24, 2.45) is 5.92 Å². The first-order valence-electron chi connectivity index (χ1n) is 11.4. The number of carbonyl (C=O) groups is 2. The highest BCUT2D eigenvalue weighted by molar-refractivity contribution is 5.95. The number of likely N-dealkylation sites (tertiary alicyclic amines) is 2. The highest BCUT2D eigenvalue weighted by Crippen LogP contribution is 2.36. The number of hydrogen-bond acceptors (Lipinski definition) is 3. The highest BCUT2D eigenvalue weighted by Gasteiger charge is 2.35. The van der Waals surface area contributed by atoms with E-state index in [0.29, 0.717) is 24.6 Å². The van der Waals surface area contributed by atoms with E-state index in [-0.39, 0.29) is 23.3 Å². The van der Waals surface area contributed by atoms with E-state index in [1.54, 1.807) is 13.0 Å². The van der Waals surface area contributed by atoms with Crippen LogP contribution in [0.1, 0.15) is 54.6 Å². The van der Waals surface area contributed by atoms with Crippen LogP contribution in [-0.2, 0) is 11.3 Å². The van der Waals surface area contributed by atoms with Gasteiger partial charge in [-0.25, -0.2) is 0 Å². The molecule has 3 aliphatic heterocycles. The topological polar surface area (TPSA) is 62.6 Å². The minimum absolute atomic E-state index is 0.00577. The molecule has 2 fully saturated rings. The summed E-state index contributed by atoms with van der Waals surface area (Å²) in [5, 5.41) is 0. The molecule has 2 atom stereocenters. The molecule has 162 valence electrons. The van der Waals surface area contributed by atoms with Gasteiger partial charge in [0.15, 0.2) is 0 Å². The van der Waals surface area contributed by atoms with Crippen molar-refractivity contribution in [3.05, 3.63) is 58.0 Å². The molecule has 2 saturated heterocycles. The predicted octanol–water partition coefficient (Wildman–Crippen LogP) is 3.11. The summed E-state index contributed by atoms with van der Waals surface area (Å²) in [5.41, 5.74) is 3.44. The van der Waals surface area contributed by atoms with Crippen LogP contribution in [0.15, 0.2) is 41.2 Å². The van der Waals surface area contributed by atoms with E-state index < -0.39 is 0 Å². The lowest BCUT2D eigenvalue weighted by Gasteiger charge is -2.42. The summed E-state index contributed by atoms with van der Waals surface area (Å²) >= 11 is 0. The SMILES string of the molecule is CC(=O)N1C[C@@H]2C[C@H](C1)c1cc(-c3cccc(C(=O)N4CCCCC4)c3)cc(=O)n1C2. The number of aromatic nitrogens is 1. The third kappa shape index (κ3) is 3.80. The fourth-order valence-corrected chi connectivity index (χ4v) is 5.49. The molecule has 1 aromatic heterocycles. The monoisotopic (exact) mass is 419 g/mol. The molecule has 0 N–H and O–H groups in total. The number of carbonyl (C=O) groups excluding carboxylic acids is 2. The summed E-state index contributed by atoms with van der Waals surface area (Å²) in [6.45, 7) is 5.33. The number of rotatable bonds is 2. The number of hydrogen-bond donors (Lipinski definition) is 0. The maximum atomic E-state index is 13.0. The van der Waals surface area contributed by atoms with Crippen molar-refractivity contribution in [2.45, 2.75) is 45.1 Å². The van der Waals surface area contributed by atoms with Gasteiger partial charge in [0.25, 0.3) is 11.5 Å². The third-order valence-electron chi connectivity index (χ3n) is 7.09. The van der Waals surface area contributed by atoms with Gasteiger partial charge < -0.3 is 14.4 Å². The zero-order chi connectivity index (χ0) is 21.5. The fraction of sp³-hybridized carbons (Fsp3) is 0.480. The molecular weight excluding hydrogens is 390 g/mol. The van der Waals surface area contributed by atoms with E-state index >= 15 is 0 Å². The zero-order valence-electron chi connectivity index (χ0n) is 18.0. The first-order chi connectivity index (χ1) is 15.0. The molecule has 0 radical (unpaired) electrons. The number of pyridine rings is 1. The van der Waals surface area contributed by atoms with Crippen molar-refractivity contribution in [3.63, 3.8) is 0 Å². The minimum atomic E-state index is 0.00577. The summed E-state index contributed by atoms with van der Waals surface area (Å²) < 4.78 is 1.89. The Balaban J connectivity index is 1.48. The number of piperidine rings is 2. The predicted molar refractivity (Wildman–Crippen MR) is 119 cm³/mol. The Morgan fingerprint density at radius 1 is 0.903 bits per heavy atom. The summed E-state index contributed by atoms with van der Waals surface area (Å²) in [6.07, 6.45) is 4.32. The smallest absolute Gasteiger partial charge is 0.253 e. The molecule has 3 aliphatic rings. The summed E-state index contributed by atoms with van der Waals surface area (Å²) in [4.78, 5) is 41.7. The van der Waals surface area contributed by atoms with Crippen LogP contribution >= 0.6 is 0 Å². The maximum Gasteiger partial charge on any atom is 0.253 e. The highest BCUT2D eigenvalue weighted by atomic mass is 16.2. The van der Waals surface area contributed by atoms with E-state index in [9.17, 15) is 14.4 Å². The van der Waals surface area contributed by atoms with Gasteiger partial charge in [-0.2, -0.15) is 0 Å². The Morgan fingerprint density at radius 3 is 2.48 bits per heavy atom. The largest absolute Gasteiger partial charge is 0.342 e.